The van der Waals surface area contributed by atoms with Crippen LogP contribution in [0.15, 0.2) is 0 Å². The van der Waals surface area contributed by atoms with Crippen molar-refractivity contribution in [2.45, 2.75) is 58.2 Å². The van der Waals surface area contributed by atoms with Crippen molar-refractivity contribution in [3.05, 3.63) is 0 Å². The Morgan fingerprint density at radius 1 is 1.50 bits per heavy atom. The second-order valence-electron chi connectivity index (χ2n) is 6.03. The van der Waals surface area contributed by atoms with Gasteiger partial charge in [0.25, 0.3) is 0 Å². The Labute approximate surface area is 121 Å². The summed E-state index contributed by atoms with van der Waals surface area (Å²) in [7, 11) is 0. The van der Waals surface area contributed by atoms with E-state index in [0.717, 1.165) is 12.8 Å². The number of hydrogen-bond acceptors (Lipinski definition) is 4. The van der Waals surface area contributed by atoms with Gasteiger partial charge in [0.1, 0.15) is 11.6 Å². The first-order valence-corrected chi connectivity index (χ1v) is 6.96. The quantitative estimate of drug-likeness (QED) is 0.615. The van der Waals surface area contributed by atoms with Gasteiger partial charge in [-0.25, -0.2) is 0 Å². The first-order valence-electron chi connectivity index (χ1n) is 6.96. The van der Waals surface area contributed by atoms with Crippen molar-refractivity contribution >= 4 is 11.9 Å². The summed E-state index contributed by atoms with van der Waals surface area (Å²) in [6.45, 7) is 8.23. The van der Waals surface area contributed by atoms with Crippen LogP contribution in [-0.2, 0) is 14.3 Å². The Morgan fingerprint density at radius 2 is 2.15 bits per heavy atom. The molecule has 1 amide bonds. The highest BCUT2D eigenvalue weighted by molar-refractivity contribution is 5.83. The Kier molecular flexibility index (Phi) is 5.58. The van der Waals surface area contributed by atoms with Crippen molar-refractivity contribution in [3.8, 4) is 12.3 Å². The van der Waals surface area contributed by atoms with Crippen LogP contribution in [0.25, 0.3) is 0 Å². The minimum absolute atomic E-state index is 0.154. The van der Waals surface area contributed by atoms with Crippen LogP contribution in [-0.4, -0.2) is 47.6 Å². The van der Waals surface area contributed by atoms with Crippen LogP contribution >= 0.6 is 0 Å². The predicted molar refractivity (Wildman–Crippen MR) is 76.9 cm³/mol. The highest BCUT2D eigenvalue weighted by atomic mass is 16.6. The van der Waals surface area contributed by atoms with Crippen molar-refractivity contribution in [2.24, 2.45) is 0 Å². The molecule has 0 aliphatic carbocycles. The van der Waals surface area contributed by atoms with Gasteiger partial charge in [-0.1, -0.05) is 5.92 Å². The molecule has 112 valence electrons. The summed E-state index contributed by atoms with van der Waals surface area (Å²) in [6, 6.07) is -0.732. The summed E-state index contributed by atoms with van der Waals surface area (Å²) in [6.07, 6.45) is 6.73. The van der Waals surface area contributed by atoms with Crippen LogP contribution in [0.4, 0.5) is 0 Å². The molecule has 0 bridgehead atoms. The molecule has 1 fully saturated rings. The summed E-state index contributed by atoms with van der Waals surface area (Å²) in [5, 5.41) is 2.65. The average molecular weight is 280 g/mol. The molecular weight excluding hydrogens is 256 g/mol. The van der Waals surface area contributed by atoms with Crippen LogP contribution in [0, 0.1) is 12.3 Å². The molecule has 5 heteroatoms. The van der Waals surface area contributed by atoms with Crippen LogP contribution in [0.1, 0.15) is 40.5 Å². The topological polar surface area (TPSA) is 58.6 Å². The van der Waals surface area contributed by atoms with Gasteiger partial charge in [0, 0.05) is 0 Å². The van der Waals surface area contributed by atoms with Gasteiger partial charge in [0.15, 0.2) is 0 Å². The molecule has 0 aromatic carbocycles. The van der Waals surface area contributed by atoms with Gasteiger partial charge in [-0.05, 0) is 47.1 Å². The lowest BCUT2D eigenvalue weighted by molar-refractivity contribution is -0.161. The van der Waals surface area contributed by atoms with E-state index in [1.807, 2.05) is 25.7 Å². The van der Waals surface area contributed by atoms with Crippen LogP contribution < -0.4 is 5.32 Å². The number of hydrogen-bond donors (Lipinski definition) is 1. The maximum absolute atomic E-state index is 12.2. The zero-order chi connectivity index (χ0) is 15.3. The Hall–Kier alpha value is -1.54. The fourth-order valence-corrected chi connectivity index (χ4v) is 2.31. The SMILES string of the molecule is C#CCNC(=O)C(C)N1CCC[C@H]1C(=O)OC(C)(C)C. The van der Waals surface area contributed by atoms with Crippen molar-refractivity contribution < 1.29 is 14.3 Å². The fourth-order valence-electron chi connectivity index (χ4n) is 2.31. The van der Waals surface area contributed by atoms with Crippen molar-refractivity contribution in [1.82, 2.24) is 10.2 Å². The minimum atomic E-state index is -0.514. The third kappa shape index (κ3) is 4.53. The first kappa shape index (κ1) is 16.5. The number of amides is 1. The summed E-state index contributed by atoms with van der Waals surface area (Å²) >= 11 is 0. The number of likely N-dealkylation sites (tertiary alicyclic amines) is 1. The lowest BCUT2D eigenvalue weighted by atomic mass is 10.1. The van der Waals surface area contributed by atoms with Gasteiger partial charge < -0.3 is 10.1 Å². The van der Waals surface area contributed by atoms with E-state index in [4.69, 9.17) is 11.2 Å². The second-order valence-corrected chi connectivity index (χ2v) is 6.03. The van der Waals surface area contributed by atoms with Gasteiger partial charge in [-0.2, -0.15) is 0 Å². The van der Waals surface area contributed by atoms with E-state index in [0.29, 0.717) is 6.54 Å². The summed E-state index contributed by atoms with van der Waals surface area (Å²) in [5.74, 6) is 1.95. The number of nitrogens with one attached hydrogen (secondary N) is 1. The Morgan fingerprint density at radius 3 is 2.70 bits per heavy atom. The van der Waals surface area contributed by atoms with E-state index in [9.17, 15) is 9.59 Å². The number of esters is 1. The fraction of sp³-hybridized carbons (Fsp3) is 0.733. The highest BCUT2D eigenvalue weighted by Crippen LogP contribution is 2.23. The summed E-state index contributed by atoms with van der Waals surface area (Å²) in [5.41, 5.74) is -0.514. The van der Waals surface area contributed by atoms with E-state index in [2.05, 4.69) is 11.2 Å². The van der Waals surface area contributed by atoms with Gasteiger partial charge in [0.05, 0.1) is 12.6 Å². The smallest absolute Gasteiger partial charge is 0.323 e. The molecule has 1 aliphatic heterocycles. The zero-order valence-corrected chi connectivity index (χ0v) is 12.7. The number of ether oxygens (including phenoxy) is 1. The predicted octanol–water partition coefficient (Wildman–Crippen LogP) is 0.930. The molecule has 0 spiro atoms. The normalized spacial score (nSPS) is 21.1. The minimum Gasteiger partial charge on any atom is -0.459 e. The second kappa shape index (κ2) is 6.76. The van der Waals surface area contributed by atoms with Gasteiger partial charge in [0.2, 0.25) is 5.91 Å². The van der Waals surface area contributed by atoms with Gasteiger partial charge >= 0.3 is 5.97 Å². The van der Waals surface area contributed by atoms with Crippen LogP contribution in [0.2, 0.25) is 0 Å². The molecule has 1 aliphatic rings. The molecule has 1 rings (SSSR count). The molecule has 20 heavy (non-hydrogen) atoms. The number of rotatable bonds is 4. The van der Waals surface area contributed by atoms with E-state index >= 15 is 0 Å². The Balaban J connectivity index is 2.67. The number of carbonyl (C=O) groups is 2. The molecule has 0 saturated carbocycles. The van der Waals surface area contributed by atoms with Crippen molar-refractivity contribution in [3.63, 3.8) is 0 Å². The van der Waals surface area contributed by atoms with Crippen molar-refractivity contribution in [2.75, 3.05) is 13.1 Å². The van der Waals surface area contributed by atoms with Crippen molar-refractivity contribution in [1.29, 1.82) is 0 Å². The van der Waals surface area contributed by atoms with Gasteiger partial charge in [-0.3, -0.25) is 14.5 Å². The summed E-state index contributed by atoms with van der Waals surface area (Å²) < 4.78 is 5.42. The molecule has 5 nitrogen and oxygen atoms in total. The van der Waals surface area contributed by atoms with E-state index in [-0.39, 0.29) is 30.5 Å². The maximum atomic E-state index is 12.2. The lowest BCUT2D eigenvalue weighted by Gasteiger charge is -2.30. The molecule has 0 aromatic heterocycles. The monoisotopic (exact) mass is 280 g/mol. The van der Waals surface area contributed by atoms with Crippen LogP contribution in [0.5, 0.6) is 0 Å². The molecule has 2 atom stereocenters. The lowest BCUT2D eigenvalue weighted by Crippen LogP contribution is -2.50. The summed E-state index contributed by atoms with van der Waals surface area (Å²) in [4.78, 5) is 26.0. The molecule has 1 saturated heterocycles. The molecule has 1 N–H and O–H groups in total. The van der Waals surface area contributed by atoms with E-state index in [1.54, 1.807) is 6.92 Å². The first-order chi connectivity index (χ1) is 9.26. The van der Waals surface area contributed by atoms with E-state index < -0.39 is 5.60 Å². The zero-order valence-electron chi connectivity index (χ0n) is 12.7. The number of terminal acetylenes is 1. The van der Waals surface area contributed by atoms with Gasteiger partial charge in [-0.15, -0.1) is 6.42 Å². The molecule has 1 unspecified atom stereocenters. The molecule has 0 aromatic rings. The number of carbonyl (C=O) groups excluding carboxylic acids is 2. The molecular formula is C15H24N2O3. The molecule has 0 radical (unpaired) electrons. The average Bonchev–Trinajstić information content (AvgIpc) is 2.82. The third-order valence-electron chi connectivity index (χ3n) is 3.21. The van der Waals surface area contributed by atoms with Crippen LogP contribution in [0.3, 0.4) is 0 Å². The highest BCUT2D eigenvalue weighted by Gasteiger charge is 2.38. The maximum Gasteiger partial charge on any atom is 0.323 e. The standard InChI is InChI=1S/C15H24N2O3/c1-6-9-16-13(18)11(2)17-10-7-8-12(17)14(19)20-15(3,4)5/h1,11-12H,7-10H2,2-5H3,(H,16,18)/t11?,12-/m0/s1. The van der Waals surface area contributed by atoms with E-state index in [1.165, 1.54) is 0 Å². The number of nitrogens with zero attached hydrogens (tertiary/aromatic N) is 1. The Bertz CT molecular complexity index is 406. The largest absolute Gasteiger partial charge is 0.459 e. The molecule has 1 heterocycles. The third-order valence-corrected chi connectivity index (χ3v) is 3.21.